The van der Waals surface area contributed by atoms with Crippen molar-refractivity contribution < 1.29 is 0 Å². The van der Waals surface area contributed by atoms with E-state index in [0.29, 0.717) is 0 Å². The fourth-order valence-corrected chi connectivity index (χ4v) is 2.47. The maximum atomic E-state index is 4.61. The summed E-state index contributed by atoms with van der Waals surface area (Å²) in [6.07, 6.45) is 5.86. The van der Waals surface area contributed by atoms with Crippen LogP contribution in [0.1, 0.15) is 31.9 Å². The fourth-order valence-electron chi connectivity index (χ4n) is 2.47. The largest absolute Gasteiger partial charge is 0.350 e. The Balaban J connectivity index is 1.95. The lowest BCUT2D eigenvalue weighted by molar-refractivity contribution is 0.304. The number of rotatable bonds is 3. The first kappa shape index (κ1) is 11.3. The molecule has 1 heterocycles. The Labute approximate surface area is 108 Å². The molecule has 1 aliphatic rings. The lowest BCUT2D eigenvalue weighted by Gasteiger charge is -2.39. The van der Waals surface area contributed by atoms with Crippen molar-refractivity contribution in [2.24, 2.45) is 0 Å². The second-order valence-corrected chi connectivity index (χ2v) is 5.45. The van der Waals surface area contributed by atoms with Gasteiger partial charge >= 0.3 is 0 Å². The van der Waals surface area contributed by atoms with Gasteiger partial charge in [-0.15, -0.1) is 0 Å². The van der Waals surface area contributed by atoms with Crippen LogP contribution in [0.25, 0.3) is 5.69 Å². The van der Waals surface area contributed by atoms with Crippen LogP contribution in [0.2, 0.25) is 0 Å². The highest BCUT2D eigenvalue weighted by atomic mass is 15.2. The number of para-hydroxylation sites is 1. The van der Waals surface area contributed by atoms with E-state index >= 15 is 0 Å². The number of nitrogens with one attached hydrogen (secondary N) is 1. The van der Waals surface area contributed by atoms with Gasteiger partial charge in [0.05, 0.1) is 5.69 Å². The van der Waals surface area contributed by atoms with E-state index in [1.807, 2.05) is 13.0 Å². The highest BCUT2D eigenvalue weighted by Gasteiger charge is 2.32. The molecule has 3 nitrogen and oxygen atoms in total. The van der Waals surface area contributed by atoms with Gasteiger partial charge in [-0.3, -0.25) is 4.57 Å². The minimum absolute atomic E-state index is 0.227. The van der Waals surface area contributed by atoms with E-state index in [1.54, 1.807) is 0 Å². The van der Waals surface area contributed by atoms with Gasteiger partial charge in [0, 0.05) is 17.4 Å². The summed E-state index contributed by atoms with van der Waals surface area (Å²) in [6, 6.07) is 10.4. The first-order valence-corrected chi connectivity index (χ1v) is 6.56. The van der Waals surface area contributed by atoms with Gasteiger partial charge in [-0.1, -0.05) is 18.2 Å². The Bertz CT molecular complexity index is 538. The molecule has 0 unspecified atom stereocenters. The third-order valence-electron chi connectivity index (χ3n) is 3.73. The van der Waals surface area contributed by atoms with E-state index in [1.165, 1.54) is 19.3 Å². The fraction of sp³-hybridized carbons (Fsp3) is 0.400. The number of aromatic nitrogens is 2. The Morgan fingerprint density at radius 1 is 1.22 bits per heavy atom. The Morgan fingerprint density at radius 3 is 2.56 bits per heavy atom. The van der Waals surface area contributed by atoms with E-state index in [-0.39, 0.29) is 5.54 Å². The van der Waals surface area contributed by atoms with Crippen LogP contribution >= 0.6 is 0 Å². The Hall–Kier alpha value is -1.77. The second kappa shape index (κ2) is 4.16. The summed E-state index contributed by atoms with van der Waals surface area (Å²) in [5.41, 5.74) is 2.43. The molecular weight excluding hydrogens is 222 g/mol. The van der Waals surface area contributed by atoms with Crippen LogP contribution in [0.15, 0.2) is 36.5 Å². The molecule has 1 N–H and O–H groups in total. The first-order valence-electron chi connectivity index (χ1n) is 6.56. The normalized spacial score (nSPS) is 17.2. The molecule has 0 amide bonds. The molecule has 94 valence electrons. The zero-order chi connectivity index (χ0) is 12.6. The minimum Gasteiger partial charge on any atom is -0.350 e. The van der Waals surface area contributed by atoms with E-state index in [4.69, 9.17) is 0 Å². The van der Waals surface area contributed by atoms with Gasteiger partial charge in [0.2, 0.25) is 5.95 Å². The van der Waals surface area contributed by atoms with Gasteiger partial charge in [-0.05, 0) is 45.2 Å². The Morgan fingerprint density at radius 2 is 1.94 bits per heavy atom. The number of hydrogen-bond donors (Lipinski definition) is 1. The summed E-state index contributed by atoms with van der Waals surface area (Å²) in [5, 5.41) is 3.59. The van der Waals surface area contributed by atoms with Crippen molar-refractivity contribution in [3.63, 3.8) is 0 Å². The number of anilines is 1. The molecule has 1 fully saturated rings. The van der Waals surface area contributed by atoms with Crippen molar-refractivity contribution in [1.82, 2.24) is 9.55 Å². The summed E-state index contributed by atoms with van der Waals surface area (Å²) < 4.78 is 2.14. The summed E-state index contributed by atoms with van der Waals surface area (Å²) in [5.74, 6) is 0.959. The van der Waals surface area contributed by atoms with Crippen LogP contribution in [0, 0.1) is 6.92 Å². The molecule has 2 aromatic rings. The molecule has 0 bridgehead atoms. The van der Waals surface area contributed by atoms with Crippen molar-refractivity contribution in [2.75, 3.05) is 5.32 Å². The number of hydrogen-bond acceptors (Lipinski definition) is 2. The molecule has 3 rings (SSSR count). The van der Waals surface area contributed by atoms with Crippen LogP contribution in [0.5, 0.6) is 0 Å². The molecule has 0 radical (unpaired) electrons. The van der Waals surface area contributed by atoms with E-state index in [2.05, 4.69) is 52.3 Å². The van der Waals surface area contributed by atoms with Crippen LogP contribution < -0.4 is 5.32 Å². The van der Waals surface area contributed by atoms with E-state index < -0.39 is 0 Å². The van der Waals surface area contributed by atoms with Gasteiger partial charge < -0.3 is 5.32 Å². The molecule has 3 heteroatoms. The summed E-state index contributed by atoms with van der Waals surface area (Å²) in [7, 11) is 0. The minimum atomic E-state index is 0.227. The molecule has 0 aliphatic heterocycles. The molecule has 18 heavy (non-hydrogen) atoms. The summed E-state index contributed by atoms with van der Waals surface area (Å²) in [4.78, 5) is 4.61. The topological polar surface area (TPSA) is 29.9 Å². The van der Waals surface area contributed by atoms with E-state index in [0.717, 1.165) is 17.3 Å². The molecule has 0 atom stereocenters. The SMILES string of the molecule is Cc1cn(-c2ccccc2)c(NC2(C)CCC2)n1. The monoisotopic (exact) mass is 241 g/mol. The molecule has 1 aromatic heterocycles. The molecule has 1 aromatic carbocycles. The molecule has 1 saturated carbocycles. The predicted molar refractivity (Wildman–Crippen MR) is 74.2 cm³/mol. The maximum absolute atomic E-state index is 4.61. The highest BCUT2D eigenvalue weighted by Crippen LogP contribution is 2.34. The highest BCUT2D eigenvalue weighted by molar-refractivity contribution is 5.44. The van der Waals surface area contributed by atoms with Crippen molar-refractivity contribution in [2.45, 2.75) is 38.6 Å². The quantitative estimate of drug-likeness (QED) is 0.890. The van der Waals surface area contributed by atoms with E-state index in [9.17, 15) is 0 Å². The maximum Gasteiger partial charge on any atom is 0.208 e. The van der Waals surface area contributed by atoms with Gasteiger partial charge in [0.1, 0.15) is 0 Å². The average Bonchev–Trinajstić information content (AvgIpc) is 2.69. The van der Waals surface area contributed by atoms with Crippen molar-refractivity contribution >= 4 is 5.95 Å². The number of aryl methyl sites for hydroxylation is 1. The standard InChI is InChI=1S/C15H19N3/c1-12-11-18(13-7-4-3-5-8-13)14(16-12)17-15(2)9-6-10-15/h3-5,7-8,11H,6,9-10H2,1-2H3,(H,16,17). The summed E-state index contributed by atoms with van der Waals surface area (Å²) in [6.45, 7) is 4.31. The van der Waals surface area contributed by atoms with Crippen LogP contribution in [-0.4, -0.2) is 15.1 Å². The number of nitrogens with zero attached hydrogens (tertiary/aromatic N) is 2. The van der Waals surface area contributed by atoms with Gasteiger partial charge in [-0.25, -0.2) is 4.98 Å². The van der Waals surface area contributed by atoms with Crippen LogP contribution in [-0.2, 0) is 0 Å². The number of imidazole rings is 1. The molecule has 1 aliphatic carbocycles. The zero-order valence-corrected chi connectivity index (χ0v) is 11.0. The van der Waals surface area contributed by atoms with Crippen molar-refractivity contribution in [1.29, 1.82) is 0 Å². The average molecular weight is 241 g/mol. The van der Waals surface area contributed by atoms with Crippen LogP contribution in [0.3, 0.4) is 0 Å². The van der Waals surface area contributed by atoms with Gasteiger partial charge in [-0.2, -0.15) is 0 Å². The van der Waals surface area contributed by atoms with Gasteiger partial charge in [0.25, 0.3) is 0 Å². The third kappa shape index (κ3) is 2.01. The molecule has 0 saturated heterocycles. The molecular formula is C15H19N3. The third-order valence-corrected chi connectivity index (χ3v) is 3.73. The van der Waals surface area contributed by atoms with Gasteiger partial charge in [0.15, 0.2) is 0 Å². The first-order chi connectivity index (χ1) is 8.66. The van der Waals surface area contributed by atoms with Crippen molar-refractivity contribution in [3.05, 3.63) is 42.2 Å². The summed E-state index contributed by atoms with van der Waals surface area (Å²) >= 11 is 0. The smallest absolute Gasteiger partial charge is 0.208 e. The predicted octanol–water partition coefficient (Wildman–Crippen LogP) is 3.54. The lowest BCUT2D eigenvalue weighted by atomic mass is 9.79. The zero-order valence-electron chi connectivity index (χ0n) is 11.0. The number of benzene rings is 1. The Kier molecular flexibility index (Phi) is 2.62. The molecule has 0 spiro atoms. The van der Waals surface area contributed by atoms with Crippen LogP contribution in [0.4, 0.5) is 5.95 Å². The lowest BCUT2D eigenvalue weighted by Crippen LogP contribution is -2.42. The second-order valence-electron chi connectivity index (χ2n) is 5.45. The van der Waals surface area contributed by atoms with Crippen molar-refractivity contribution in [3.8, 4) is 5.69 Å².